The van der Waals surface area contributed by atoms with Crippen molar-refractivity contribution >= 4 is 5.71 Å². The highest BCUT2D eigenvalue weighted by molar-refractivity contribution is 6.00. The van der Waals surface area contributed by atoms with Crippen molar-refractivity contribution in [2.75, 3.05) is 0 Å². The van der Waals surface area contributed by atoms with Crippen molar-refractivity contribution in [3.05, 3.63) is 23.0 Å². The van der Waals surface area contributed by atoms with Crippen molar-refractivity contribution in [3.8, 4) is 0 Å². The van der Waals surface area contributed by atoms with Gasteiger partial charge in [0.15, 0.2) is 0 Å². The summed E-state index contributed by atoms with van der Waals surface area (Å²) in [5.74, 6) is 0. The maximum absolute atomic E-state index is 7.84. The lowest BCUT2D eigenvalue weighted by Gasteiger charge is -2.15. The van der Waals surface area contributed by atoms with Gasteiger partial charge in [0.2, 0.25) is 0 Å². The van der Waals surface area contributed by atoms with Crippen molar-refractivity contribution in [1.82, 2.24) is 4.57 Å². The normalized spacial score (nSPS) is 16.0. The Bertz CT molecular complexity index is 347. The third-order valence-electron chi connectivity index (χ3n) is 2.90. The van der Waals surface area contributed by atoms with E-state index in [1.807, 2.05) is 0 Å². The molecule has 1 aliphatic carbocycles. The molecule has 0 aliphatic heterocycles. The zero-order valence-electron chi connectivity index (χ0n) is 8.35. The molecule has 1 aliphatic rings. The molecule has 0 saturated carbocycles. The van der Waals surface area contributed by atoms with E-state index in [1.54, 1.807) is 0 Å². The van der Waals surface area contributed by atoms with E-state index in [2.05, 4.69) is 24.5 Å². The third-order valence-corrected chi connectivity index (χ3v) is 2.90. The largest absolute Gasteiger partial charge is 0.348 e. The Morgan fingerprint density at radius 2 is 2.23 bits per heavy atom. The van der Waals surface area contributed by atoms with Gasteiger partial charge in [0.25, 0.3) is 0 Å². The molecule has 13 heavy (non-hydrogen) atoms. The number of nitrogens with zero attached hydrogens (tertiary/aromatic N) is 1. The van der Waals surface area contributed by atoms with Crippen LogP contribution in [0.25, 0.3) is 0 Å². The number of hydrogen-bond acceptors (Lipinski definition) is 1. The first-order valence-electron chi connectivity index (χ1n) is 5.01. The van der Waals surface area contributed by atoms with Crippen LogP contribution in [-0.2, 0) is 13.0 Å². The molecule has 0 fully saturated rings. The lowest BCUT2D eigenvalue weighted by molar-refractivity contribution is 0.668. The molecule has 1 aromatic rings. The van der Waals surface area contributed by atoms with E-state index in [4.69, 9.17) is 5.41 Å². The summed E-state index contributed by atoms with van der Waals surface area (Å²) in [6.45, 7) is 5.34. The summed E-state index contributed by atoms with van der Waals surface area (Å²) in [5.41, 5.74) is 4.72. The summed E-state index contributed by atoms with van der Waals surface area (Å²) >= 11 is 0. The predicted molar refractivity (Wildman–Crippen MR) is 54.6 cm³/mol. The van der Waals surface area contributed by atoms with Gasteiger partial charge in [-0.15, -0.1) is 0 Å². The Morgan fingerprint density at radius 3 is 2.92 bits per heavy atom. The molecule has 1 aromatic heterocycles. The van der Waals surface area contributed by atoms with Gasteiger partial charge in [-0.2, -0.15) is 0 Å². The number of hydrogen-bond donors (Lipinski definition) is 1. The quantitative estimate of drug-likeness (QED) is 0.681. The standard InChI is InChI=1S/C11H16N2/c1-3-13-8(2)7-9-10(12)5-4-6-11(9)13/h7,12H,3-6H2,1-2H3. The molecule has 0 saturated heterocycles. The first-order valence-corrected chi connectivity index (χ1v) is 5.01. The summed E-state index contributed by atoms with van der Waals surface area (Å²) < 4.78 is 2.34. The van der Waals surface area contributed by atoms with E-state index in [0.717, 1.165) is 31.5 Å². The lowest BCUT2D eigenvalue weighted by Crippen LogP contribution is -2.12. The number of aromatic nitrogens is 1. The smallest absolute Gasteiger partial charge is 0.0404 e. The molecule has 0 aromatic carbocycles. The summed E-state index contributed by atoms with van der Waals surface area (Å²) in [6.07, 6.45) is 3.26. The topological polar surface area (TPSA) is 28.8 Å². The first kappa shape index (κ1) is 8.54. The Hall–Kier alpha value is -1.05. The molecule has 2 heteroatoms. The molecular formula is C11H16N2. The van der Waals surface area contributed by atoms with Gasteiger partial charge in [-0.05, 0) is 39.2 Å². The molecule has 0 atom stereocenters. The van der Waals surface area contributed by atoms with Gasteiger partial charge in [0.05, 0.1) is 0 Å². The minimum atomic E-state index is 0.830. The van der Waals surface area contributed by atoms with Crippen LogP contribution in [0.15, 0.2) is 6.07 Å². The number of rotatable bonds is 1. The maximum atomic E-state index is 7.84. The van der Waals surface area contributed by atoms with Crippen molar-refractivity contribution in [2.24, 2.45) is 0 Å². The molecule has 0 bridgehead atoms. The second-order valence-electron chi connectivity index (χ2n) is 3.72. The average Bonchev–Trinajstić information content (AvgIpc) is 2.43. The highest BCUT2D eigenvalue weighted by Crippen LogP contribution is 2.24. The number of nitrogens with one attached hydrogen (secondary N) is 1. The Labute approximate surface area is 79.1 Å². The number of aryl methyl sites for hydroxylation is 1. The van der Waals surface area contributed by atoms with Crippen LogP contribution in [0.3, 0.4) is 0 Å². The molecule has 0 amide bonds. The third kappa shape index (κ3) is 1.21. The van der Waals surface area contributed by atoms with Gasteiger partial charge in [0.1, 0.15) is 0 Å². The monoisotopic (exact) mass is 176 g/mol. The van der Waals surface area contributed by atoms with E-state index in [9.17, 15) is 0 Å². The van der Waals surface area contributed by atoms with Gasteiger partial charge in [-0.3, -0.25) is 0 Å². The SMILES string of the molecule is CCn1c(C)cc2c1CCCC2=N. The highest BCUT2D eigenvalue weighted by Gasteiger charge is 2.18. The zero-order chi connectivity index (χ0) is 9.42. The van der Waals surface area contributed by atoms with Crippen LogP contribution in [0.5, 0.6) is 0 Å². The van der Waals surface area contributed by atoms with E-state index in [-0.39, 0.29) is 0 Å². The van der Waals surface area contributed by atoms with Crippen LogP contribution in [0.4, 0.5) is 0 Å². The molecule has 0 radical (unpaired) electrons. The fourth-order valence-electron chi connectivity index (χ4n) is 2.27. The van der Waals surface area contributed by atoms with Crippen molar-refractivity contribution < 1.29 is 0 Å². The molecule has 0 unspecified atom stereocenters. The molecular weight excluding hydrogens is 160 g/mol. The van der Waals surface area contributed by atoms with Crippen molar-refractivity contribution in [3.63, 3.8) is 0 Å². The van der Waals surface area contributed by atoms with Crippen molar-refractivity contribution in [2.45, 2.75) is 39.7 Å². The molecule has 2 rings (SSSR count). The predicted octanol–water partition coefficient (Wildman–Crippen LogP) is 2.52. The van der Waals surface area contributed by atoms with E-state index in [0.29, 0.717) is 0 Å². The van der Waals surface area contributed by atoms with E-state index in [1.165, 1.54) is 17.0 Å². The van der Waals surface area contributed by atoms with Crippen LogP contribution in [0, 0.1) is 12.3 Å². The van der Waals surface area contributed by atoms with Gasteiger partial charge in [-0.1, -0.05) is 0 Å². The fourth-order valence-corrected chi connectivity index (χ4v) is 2.27. The lowest BCUT2D eigenvalue weighted by atomic mass is 9.96. The second kappa shape index (κ2) is 3.02. The zero-order valence-corrected chi connectivity index (χ0v) is 8.35. The van der Waals surface area contributed by atoms with Crippen LogP contribution in [0.1, 0.15) is 36.7 Å². The van der Waals surface area contributed by atoms with E-state index < -0.39 is 0 Å². The molecule has 0 spiro atoms. The highest BCUT2D eigenvalue weighted by atomic mass is 15.0. The second-order valence-corrected chi connectivity index (χ2v) is 3.72. The fraction of sp³-hybridized carbons (Fsp3) is 0.545. The van der Waals surface area contributed by atoms with Gasteiger partial charge in [0, 0.05) is 29.2 Å². The summed E-state index contributed by atoms with van der Waals surface area (Å²) in [4.78, 5) is 0. The molecule has 1 N–H and O–H groups in total. The van der Waals surface area contributed by atoms with Gasteiger partial charge in [-0.25, -0.2) is 0 Å². The summed E-state index contributed by atoms with van der Waals surface area (Å²) in [6, 6.07) is 2.17. The minimum absolute atomic E-state index is 0.830. The molecule has 1 heterocycles. The van der Waals surface area contributed by atoms with Crippen molar-refractivity contribution in [1.29, 1.82) is 5.41 Å². The average molecular weight is 176 g/mol. The van der Waals surface area contributed by atoms with Crippen LogP contribution < -0.4 is 0 Å². The van der Waals surface area contributed by atoms with E-state index >= 15 is 0 Å². The Kier molecular flexibility index (Phi) is 1.98. The summed E-state index contributed by atoms with van der Waals surface area (Å²) in [5, 5.41) is 7.84. The first-order chi connectivity index (χ1) is 6.24. The minimum Gasteiger partial charge on any atom is -0.348 e. The van der Waals surface area contributed by atoms with Crippen LogP contribution in [-0.4, -0.2) is 10.3 Å². The maximum Gasteiger partial charge on any atom is 0.0404 e. The van der Waals surface area contributed by atoms with Gasteiger partial charge < -0.3 is 9.98 Å². The molecule has 70 valence electrons. The molecule has 2 nitrogen and oxygen atoms in total. The van der Waals surface area contributed by atoms with Crippen LogP contribution >= 0.6 is 0 Å². The Morgan fingerprint density at radius 1 is 1.46 bits per heavy atom. The Balaban J connectivity index is 2.56. The number of fused-ring (bicyclic) bond motifs is 1. The summed E-state index contributed by atoms with van der Waals surface area (Å²) in [7, 11) is 0. The van der Waals surface area contributed by atoms with Crippen LogP contribution in [0.2, 0.25) is 0 Å². The van der Waals surface area contributed by atoms with Gasteiger partial charge >= 0.3 is 0 Å².